The zero-order valence-corrected chi connectivity index (χ0v) is 12.0. The lowest BCUT2D eigenvalue weighted by Crippen LogP contribution is -2.27. The molecule has 0 aromatic heterocycles. The van der Waals surface area contributed by atoms with Gasteiger partial charge in [0.1, 0.15) is 10.1 Å². The maximum atomic E-state index is 12.0. The van der Waals surface area contributed by atoms with Gasteiger partial charge >= 0.3 is 0 Å². The number of thioether (sulfide) groups is 1. The summed E-state index contributed by atoms with van der Waals surface area (Å²) in [5.41, 5.74) is 0.0656. The van der Waals surface area contributed by atoms with Crippen LogP contribution in [0.4, 0.5) is 5.69 Å². The Morgan fingerprint density at radius 3 is 2.80 bits per heavy atom. The average molecular weight is 310 g/mol. The first kappa shape index (κ1) is 14.5. The van der Waals surface area contributed by atoms with Crippen LogP contribution in [0.2, 0.25) is 0 Å². The zero-order chi connectivity index (χ0) is 14.9. The van der Waals surface area contributed by atoms with E-state index in [4.69, 9.17) is 12.2 Å². The number of carbonyl (C=O) groups excluding carboxylic acids is 1. The SMILES string of the molecule is CCN1C(=O)/C(=C/c2cc([N+](=O)[O-])ccc2O)SC1=S. The normalized spacial score (nSPS) is 17.1. The van der Waals surface area contributed by atoms with E-state index in [2.05, 4.69) is 0 Å². The van der Waals surface area contributed by atoms with Gasteiger partial charge in [-0.25, -0.2) is 0 Å². The second kappa shape index (κ2) is 5.59. The fourth-order valence-electron chi connectivity index (χ4n) is 1.68. The summed E-state index contributed by atoms with van der Waals surface area (Å²) >= 11 is 6.18. The molecule has 1 heterocycles. The van der Waals surface area contributed by atoms with Crippen LogP contribution in [-0.4, -0.2) is 31.7 Å². The molecule has 0 radical (unpaired) electrons. The van der Waals surface area contributed by atoms with Crippen LogP contribution in [0.3, 0.4) is 0 Å². The molecule has 1 N–H and O–H groups in total. The van der Waals surface area contributed by atoms with Crippen molar-refractivity contribution in [3.05, 3.63) is 38.8 Å². The van der Waals surface area contributed by atoms with Crippen molar-refractivity contribution in [3.8, 4) is 5.75 Å². The summed E-state index contributed by atoms with van der Waals surface area (Å²) in [6.45, 7) is 2.27. The molecule has 0 aliphatic carbocycles. The van der Waals surface area contributed by atoms with Crippen molar-refractivity contribution in [2.75, 3.05) is 6.54 Å². The van der Waals surface area contributed by atoms with Gasteiger partial charge in [-0.3, -0.25) is 19.8 Å². The van der Waals surface area contributed by atoms with Crippen molar-refractivity contribution in [2.24, 2.45) is 0 Å². The number of phenols is 1. The molecule has 0 unspecified atom stereocenters. The summed E-state index contributed by atoms with van der Waals surface area (Å²) in [6.07, 6.45) is 1.41. The molecule has 1 aromatic carbocycles. The number of non-ortho nitro benzene ring substituents is 1. The molecule has 1 amide bonds. The number of nitrogens with zero attached hydrogens (tertiary/aromatic N) is 2. The highest BCUT2D eigenvalue weighted by Crippen LogP contribution is 2.34. The lowest BCUT2D eigenvalue weighted by molar-refractivity contribution is -0.384. The van der Waals surface area contributed by atoms with Gasteiger partial charge in [-0.15, -0.1) is 0 Å². The number of nitro benzene ring substituents is 1. The van der Waals surface area contributed by atoms with Gasteiger partial charge in [-0.1, -0.05) is 24.0 Å². The minimum absolute atomic E-state index is 0.127. The molecule has 0 spiro atoms. The maximum Gasteiger partial charge on any atom is 0.270 e. The largest absolute Gasteiger partial charge is 0.507 e. The molecular weight excluding hydrogens is 300 g/mol. The number of phenolic OH excluding ortho intramolecular Hbond substituents is 1. The minimum Gasteiger partial charge on any atom is -0.507 e. The highest BCUT2D eigenvalue weighted by molar-refractivity contribution is 8.26. The Labute approximate surface area is 124 Å². The highest BCUT2D eigenvalue weighted by atomic mass is 32.2. The molecule has 1 aromatic rings. The maximum absolute atomic E-state index is 12.0. The third-order valence-corrected chi connectivity index (χ3v) is 4.08. The number of nitro groups is 1. The second-order valence-electron chi connectivity index (χ2n) is 3.93. The first-order valence-corrected chi connectivity index (χ1v) is 6.89. The van der Waals surface area contributed by atoms with Crippen molar-refractivity contribution in [1.29, 1.82) is 0 Å². The van der Waals surface area contributed by atoms with Crippen LogP contribution < -0.4 is 0 Å². The van der Waals surface area contributed by atoms with Gasteiger partial charge in [0.25, 0.3) is 11.6 Å². The highest BCUT2D eigenvalue weighted by Gasteiger charge is 2.30. The van der Waals surface area contributed by atoms with Crippen molar-refractivity contribution in [1.82, 2.24) is 4.90 Å². The van der Waals surface area contributed by atoms with Crippen LogP contribution in [0.25, 0.3) is 6.08 Å². The second-order valence-corrected chi connectivity index (χ2v) is 5.60. The number of benzene rings is 1. The number of carbonyl (C=O) groups is 1. The van der Waals surface area contributed by atoms with E-state index in [0.29, 0.717) is 15.8 Å². The van der Waals surface area contributed by atoms with Gasteiger partial charge in [0.05, 0.1) is 9.83 Å². The van der Waals surface area contributed by atoms with Crippen LogP contribution in [0, 0.1) is 10.1 Å². The lowest BCUT2D eigenvalue weighted by atomic mass is 10.1. The molecule has 1 saturated heterocycles. The van der Waals surface area contributed by atoms with Gasteiger partial charge in [-0.05, 0) is 19.1 Å². The summed E-state index contributed by atoms with van der Waals surface area (Å²) in [5.74, 6) is -0.384. The van der Waals surface area contributed by atoms with Crippen molar-refractivity contribution >= 4 is 46.0 Å². The molecule has 0 atom stereocenters. The summed E-state index contributed by atoms with van der Waals surface area (Å²) in [7, 11) is 0. The quantitative estimate of drug-likeness (QED) is 0.400. The number of amides is 1. The fraction of sp³-hybridized carbons (Fsp3) is 0.167. The molecule has 6 nitrogen and oxygen atoms in total. The monoisotopic (exact) mass is 310 g/mol. The Morgan fingerprint density at radius 1 is 1.55 bits per heavy atom. The van der Waals surface area contributed by atoms with Crippen LogP contribution in [0.1, 0.15) is 12.5 Å². The summed E-state index contributed by atoms with van der Waals surface area (Å²) in [5, 5.41) is 20.4. The average Bonchev–Trinajstić information content (AvgIpc) is 2.66. The van der Waals surface area contributed by atoms with E-state index < -0.39 is 4.92 Å². The van der Waals surface area contributed by atoms with Crippen molar-refractivity contribution < 1.29 is 14.8 Å². The standard InChI is InChI=1S/C12H10N2O4S2/c1-2-13-11(16)10(20-12(13)19)6-7-5-8(14(17)18)3-4-9(7)15/h3-6,15H,2H2,1H3/b10-6-. The van der Waals surface area contributed by atoms with Gasteiger partial charge in [-0.2, -0.15) is 0 Å². The van der Waals surface area contributed by atoms with Gasteiger partial charge in [0.15, 0.2) is 0 Å². The Balaban J connectivity index is 2.41. The molecule has 104 valence electrons. The van der Waals surface area contributed by atoms with E-state index in [0.717, 1.165) is 11.8 Å². The number of aromatic hydroxyl groups is 1. The summed E-state index contributed by atoms with van der Waals surface area (Å²) in [6, 6.07) is 3.64. The smallest absolute Gasteiger partial charge is 0.270 e. The van der Waals surface area contributed by atoms with E-state index in [1.165, 1.54) is 29.2 Å². The molecule has 1 aliphatic rings. The Hall–Kier alpha value is -1.93. The van der Waals surface area contributed by atoms with E-state index >= 15 is 0 Å². The number of thiocarbonyl (C=S) groups is 1. The molecule has 1 aliphatic heterocycles. The Bertz CT molecular complexity index is 642. The molecule has 1 fully saturated rings. The van der Waals surface area contributed by atoms with Crippen LogP contribution in [-0.2, 0) is 4.79 Å². The van der Waals surface area contributed by atoms with E-state index in [9.17, 15) is 20.0 Å². The topological polar surface area (TPSA) is 83.7 Å². The first-order valence-electron chi connectivity index (χ1n) is 5.66. The Kier molecular flexibility index (Phi) is 4.05. The van der Waals surface area contributed by atoms with Gasteiger partial charge < -0.3 is 5.11 Å². The molecule has 20 heavy (non-hydrogen) atoms. The number of hydrogen-bond acceptors (Lipinski definition) is 6. The first-order chi connectivity index (χ1) is 9.43. The Morgan fingerprint density at radius 2 is 2.25 bits per heavy atom. The van der Waals surface area contributed by atoms with Crippen LogP contribution >= 0.6 is 24.0 Å². The van der Waals surface area contributed by atoms with E-state index in [1.807, 2.05) is 0 Å². The lowest BCUT2D eigenvalue weighted by Gasteiger charge is -2.09. The predicted octanol–water partition coefficient (Wildman–Crippen LogP) is 2.52. The summed E-state index contributed by atoms with van der Waals surface area (Å²) in [4.78, 5) is 23.9. The van der Waals surface area contributed by atoms with Crippen molar-refractivity contribution in [3.63, 3.8) is 0 Å². The van der Waals surface area contributed by atoms with Crippen LogP contribution in [0.5, 0.6) is 5.75 Å². The minimum atomic E-state index is -0.561. The molecular formula is C12H10N2O4S2. The zero-order valence-electron chi connectivity index (χ0n) is 10.4. The van der Waals surface area contributed by atoms with E-state index in [1.54, 1.807) is 6.92 Å². The molecule has 8 heteroatoms. The predicted molar refractivity (Wildman–Crippen MR) is 80.3 cm³/mol. The van der Waals surface area contributed by atoms with E-state index in [-0.39, 0.29) is 22.9 Å². The van der Waals surface area contributed by atoms with Crippen LogP contribution in [0.15, 0.2) is 23.1 Å². The molecule has 0 saturated carbocycles. The van der Waals surface area contributed by atoms with Crippen molar-refractivity contribution in [2.45, 2.75) is 6.92 Å². The third kappa shape index (κ3) is 2.66. The third-order valence-electron chi connectivity index (χ3n) is 2.70. The van der Waals surface area contributed by atoms with Gasteiger partial charge in [0, 0.05) is 24.2 Å². The summed E-state index contributed by atoms with van der Waals surface area (Å²) < 4.78 is 0.439. The number of hydrogen-bond donors (Lipinski definition) is 1. The van der Waals surface area contributed by atoms with Gasteiger partial charge in [0.2, 0.25) is 0 Å². The number of rotatable bonds is 3. The molecule has 0 bridgehead atoms. The number of likely N-dealkylation sites (N-methyl/N-ethyl adjacent to an activating group) is 1. The molecule has 2 rings (SSSR count). The fourth-order valence-corrected chi connectivity index (χ4v) is 3.06.